The highest BCUT2D eigenvalue weighted by Gasteiger charge is 2.16. The first-order chi connectivity index (χ1) is 14.6. The van der Waals surface area contributed by atoms with Gasteiger partial charge in [0.05, 0.1) is 5.52 Å². The number of hydrogen-bond acceptors (Lipinski definition) is 2. The minimum Gasteiger partial charge on any atom is -0.396 e. The van der Waals surface area contributed by atoms with Gasteiger partial charge in [0.25, 0.3) is 0 Å². The maximum absolute atomic E-state index is 15.2. The lowest BCUT2D eigenvalue weighted by molar-refractivity contribution is 0.283. The van der Waals surface area contributed by atoms with Gasteiger partial charge in [0.1, 0.15) is 11.5 Å². The average Bonchev–Trinajstić information content (AvgIpc) is 3.07. The van der Waals surface area contributed by atoms with Crippen molar-refractivity contribution in [2.45, 2.75) is 25.7 Å². The summed E-state index contributed by atoms with van der Waals surface area (Å²) in [5.41, 5.74) is 5.25. The second-order valence-corrected chi connectivity index (χ2v) is 8.44. The third-order valence-electron chi connectivity index (χ3n) is 5.47. The number of fused-ring (bicyclic) bond motifs is 1. The lowest BCUT2D eigenvalue weighted by Gasteiger charge is -2.11. The van der Waals surface area contributed by atoms with Crippen LogP contribution in [0, 0.1) is 5.82 Å². The quantitative estimate of drug-likeness (QED) is 0.315. The molecule has 1 N–H and O–H groups in total. The molecule has 0 aliphatic rings. The van der Waals surface area contributed by atoms with Crippen molar-refractivity contribution in [3.63, 3.8) is 0 Å². The molecule has 0 amide bonds. The number of hydrogen-bond donors (Lipinski definition) is 1. The molecule has 0 fully saturated rings. The van der Waals surface area contributed by atoms with Gasteiger partial charge < -0.3 is 5.11 Å². The summed E-state index contributed by atoms with van der Waals surface area (Å²) < 4.78 is 18.0. The first kappa shape index (κ1) is 20.8. The predicted octanol–water partition coefficient (Wildman–Crippen LogP) is 6.51. The highest BCUT2D eigenvalue weighted by molar-refractivity contribution is 9.10. The summed E-state index contributed by atoms with van der Waals surface area (Å²) in [6.45, 7) is 0.230. The number of aryl methyl sites for hydroxylation is 2. The van der Waals surface area contributed by atoms with Crippen molar-refractivity contribution < 1.29 is 9.50 Å². The van der Waals surface area contributed by atoms with Crippen molar-refractivity contribution in [2.24, 2.45) is 7.05 Å². The smallest absolute Gasteiger partial charge is 0.133 e. The number of aliphatic hydroxyl groups is 1. The van der Waals surface area contributed by atoms with Crippen LogP contribution in [-0.4, -0.2) is 21.5 Å². The molecule has 3 nitrogen and oxygen atoms in total. The molecule has 0 unspecified atom stereocenters. The molecule has 1 aromatic heterocycles. The molecule has 0 bridgehead atoms. The first-order valence-corrected chi connectivity index (χ1v) is 11.0. The van der Waals surface area contributed by atoms with Crippen LogP contribution in [-0.2, 0) is 13.5 Å². The second-order valence-electron chi connectivity index (χ2n) is 7.52. The zero-order valence-electron chi connectivity index (χ0n) is 16.9. The van der Waals surface area contributed by atoms with Crippen molar-refractivity contribution >= 4 is 26.8 Å². The second kappa shape index (κ2) is 9.11. The standard InChI is InChI=1S/C25H24BrFN2O/c1-29-24-16-19(26)11-13-22(24)25(28-29)21-12-10-18(15-23(21)27)20-9-5-4-8-17(20)7-3-2-6-14-30/h4-5,8-13,15-16,30H,2-3,6-7,14H2,1H3. The Morgan fingerprint density at radius 2 is 1.80 bits per heavy atom. The van der Waals surface area contributed by atoms with Gasteiger partial charge in [0.2, 0.25) is 0 Å². The van der Waals surface area contributed by atoms with E-state index < -0.39 is 0 Å². The predicted molar refractivity (Wildman–Crippen MR) is 124 cm³/mol. The van der Waals surface area contributed by atoms with Gasteiger partial charge in [-0.2, -0.15) is 5.10 Å². The largest absolute Gasteiger partial charge is 0.396 e. The summed E-state index contributed by atoms with van der Waals surface area (Å²) in [4.78, 5) is 0. The highest BCUT2D eigenvalue weighted by atomic mass is 79.9. The Labute approximate surface area is 184 Å². The molecular formula is C25H24BrFN2O. The Hall–Kier alpha value is -2.50. The molecule has 30 heavy (non-hydrogen) atoms. The molecule has 4 rings (SSSR count). The molecule has 0 aliphatic carbocycles. The maximum atomic E-state index is 15.2. The molecule has 0 saturated carbocycles. The van der Waals surface area contributed by atoms with Crippen molar-refractivity contribution in [3.05, 3.63) is 76.5 Å². The molecule has 0 saturated heterocycles. The van der Waals surface area contributed by atoms with E-state index in [9.17, 15) is 0 Å². The Kier molecular flexibility index (Phi) is 6.30. The molecule has 0 radical (unpaired) electrons. The van der Waals surface area contributed by atoms with Gasteiger partial charge in [0.15, 0.2) is 0 Å². The molecular weight excluding hydrogens is 443 g/mol. The molecule has 4 aromatic rings. The lowest BCUT2D eigenvalue weighted by atomic mass is 9.94. The average molecular weight is 467 g/mol. The van der Waals surface area contributed by atoms with E-state index in [4.69, 9.17) is 5.11 Å². The van der Waals surface area contributed by atoms with Crippen LogP contribution in [0.15, 0.2) is 65.1 Å². The van der Waals surface area contributed by atoms with Gasteiger partial charge in [-0.1, -0.05) is 52.7 Å². The van der Waals surface area contributed by atoms with Gasteiger partial charge in [-0.25, -0.2) is 4.39 Å². The van der Waals surface area contributed by atoms with Crippen LogP contribution >= 0.6 is 15.9 Å². The minimum absolute atomic E-state index is 0.230. The molecule has 3 aromatic carbocycles. The fourth-order valence-corrected chi connectivity index (χ4v) is 4.28. The molecule has 1 heterocycles. The summed E-state index contributed by atoms with van der Waals surface area (Å²) in [5.74, 6) is -0.273. The minimum atomic E-state index is -0.273. The highest BCUT2D eigenvalue weighted by Crippen LogP contribution is 2.34. The summed E-state index contributed by atoms with van der Waals surface area (Å²) in [7, 11) is 1.87. The number of unbranched alkanes of at least 4 members (excludes halogenated alkanes) is 2. The van der Waals surface area contributed by atoms with Crippen LogP contribution in [0.25, 0.3) is 33.3 Å². The zero-order chi connectivity index (χ0) is 21.1. The summed E-state index contributed by atoms with van der Waals surface area (Å²) in [6, 6.07) is 19.5. The third-order valence-corrected chi connectivity index (χ3v) is 5.96. The lowest BCUT2D eigenvalue weighted by Crippen LogP contribution is -1.94. The maximum Gasteiger partial charge on any atom is 0.133 e. The van der Waals surface area contributed by atoms with Crippen molar-refractivity contribution in [1.82, 2.24) is 9.78 Å². The van der Waals surface area contributed by atoms with E-state index in [1.165, 1.54) is 5.56 Å². The van der Waals surface area contributed by atoms with Crippen molar-refractivity contribution in [2.75, 3.05) is 6.61 Å². The van der Waals surface area contributed by atoms with E-state index in [0.29, 0.717) is 11.3 Å². The Morgan fingerprint density at radius 3 is 2.60 bits per heavy atom. The Bertz CT molecular complexity index is 1190. The monoisotopic (exact) mass is 466 g/mol. The van der Waals surface area contributed by atoms with Gasteiger partial charge in [0, 0.05) is 29.1 Å². The fourth-order valence-electron chi connectivity index (χ4n) is 3.93. The normalized spacial score (nSPS) is 11.3. The van der Waals surface area contributed by atoms with Gasteiger partial charge in [-0.15, -0.1) is 0 Å². The van der Waals surface area contributed by atoms with E-state index in [-0.39, 0.29) is 12.4 Å². The topological polar surface area (TPSA) is 38.0 Å². The molecule has 0 spiro atoms. The van der Waals surface area contributed by atoms with Crippen LogP contribution in [0.4, 0.5) is 4.39 Å². The fraction of sp³-hybridized carbons (Fsp3) is 0.240. The molecule has 0 aliphatic heterocycles. The van der Waals surface area contributed by atoms with Gasteiger partial charge in [-0.3, -0.25) is 4.68 Å². The van der Waals surface area contributed by atoms with Crippen molar-refractivity contribution in [3.8, 4) is 22.4 Å². The summed E-state index contributed by atoms with van der Waals surface area (Å²) in [6.07, 6.45) is 3.73. The van der Waals surface area contributed by atoms with Crippen LogP contribution < -0.4 is 0 Å². The van der Waals surface area contributed by atoms with Gasteiger partial charge in [-0.05, 0) is 66.3 Å². The van der Waals surface area contributed by atoms with Crippen LogP contribution in [0.3, 0.4) is 0 Å². The molecule has 5 heteroatoms. The Balaban J connectivity index is 1.69. The van der Waals surface area contributed by atoms with Crippen LogP contribution in [0.2, 0.25) is 0 Å². The van der Waals surface area contributed by atoms with Crippen molar-refractivity contribution in [1.29, 1.82) is 0 Å². The zero-order valence-corrected chi connectivity index (χ0v) is 18.5. The van der Waals surface area contributed by atoms with E-state index in [1.54, 1.807) is 10.7 Å². The number of nitrogens with zero attached hydrogens (tertiary/aromatic N) is 2. The molecule has 154 valence electrons. The van der Waals surface area contributed by atoms with E-state index in [0.717, 1.165) is 52.2 Å². The van der Waals surface area contributed by atoms with E-state index >= 15 is 4.39 Å². The number of aliphatic hydroxyl groups excluding tert-OH is 1. The first-order valence-electron chi connectivity index (χ1n) is 10.2. The summed E-state index contributed by atoms with van der Waals surface area (Å²) >= 11 is 3.49. The number of benzene rings is 3. The number of aromatic nitrogens is 2. The van der Waals surface area contributed by atoms with Gasteiger partial charge >= 0.3 is 0 Å². The summed E-state index contributed by atoms with van der Waals surface area (Å²) in [5, 5.41) is 14.5. The Morgan fingerprint density at radius 1 is 0.967 bits per heavy atom. The number of rotatable bonds is 7. The van der Waals surface area contributed by atoms with Crippen LogP contribution in [0.5, 0.6) is 0 Å². The SMILES string of the molecule is Cn1nc(-c2ccc(-c3ccccc3CCCCCO)cc2F)c2ccc(Br)cc21. The van der Waals surface area contributed by atoms with Crippen LogP contribution in [0.1, 0.15) is 24.8 Å². The van der Waals surface area contributed by atoms with E-state index in [1.807, 2.05) is 55.6 Å². The van der Waals surface area contributed by atoms with E-state index in [2.05, 4.69) is 27.1 Å². The molecule has 0 atom stereocenters. The third kappa shape index (κ3) is 4.18. The number of halogens is 2.